The van der Waals surface area contributed by atoms with E-state index < -0.39 is 41.8 Å². The molecule has 3 atom stereocenters. The average molecular weight is 595 g/mol. The third-order valence-corrected chi connectivity index (χ3v) is 6.28. The Bertz CT molecular complexity index is 1330. The molecule has 0 aliphatic carbocycles. The number of nitriles is 1. The van der Waals surface area contributed by atoms with Crippen molar-refractivity contribution in [1.29, 1.82) is 5.26 Å². The van der Waals surface area contributed by atoms with Gasteiger partial charge in [-0.3, -0.25) is 19.2 Å². The van der Waals surface area contributed by atoms with Crippen molar-refractivity contribution in [1.82, 2.24) is 26.4 Å². The number of hydrogen-bond donors (Lipinski definition) is 5. The van der Waals surface area contributed by atoms with Gasteiger partial charge in [0.1, 0.15) is 29.5 Å². The lowest BCUT2D eigenvalue weighted by molar-refractivity contribution is -0.131. The zero-order chi connectivity index (χ0) is 32.2. The van der Waals surface area contributed by atoms with Crippen LogP contribution in [0.2, 0.25) is 0 Å². The van der Waals surface area contributed by atoms with Crippen LogP contribution >= 0.6 is 0 Å². The summed E-state index contributed by atoms with van der Waals surface area (Å²) in [7, 11) is 0. The predicted molar refractivity (Wildman–Crippen MR) is 159 cm³/mol. The zero-order valence-electron chi connectivity index (χ0n) is 25.6. The Morgan fingerprint density at radius 3 is 2.28 bits per heavy atom. The van der Waals surface area contributed by atoms with Gasteiger partial charge in [-0.2, -0.15) is 5.26 Å². The summed E-state index contributed by atoms with van der Waals surface area (Å²) in [5.74, 6) is -1.99. The van der Waals surface area contributed by atoms with Crippen molar-refractivity contribution in [2.24, 2.45) is 5.41 Å². The molecule has 232 valence electrons. The number of nitrogens with one attached hydrogen (secondary N) is 4. The van der Waals surface area contributed by atoms with Crippen molar-refractivity contribution in [3.8, 4) is 6.07 Å². The van der Waals surface area contributed by atoms with Gasteiger partial charge in [0, 0.05) is 19.2 Å². The van der Waals surface area contributed by atoms with Gasteiger partial charge in [0.25, 0.3) is 11.8 Å². The fourth-order valence-corrected chi connectivity index (χ4v) is 3.99. The normalized spacial score (nSPS) is 13.7. The summed E-state index contributed by atoms with van der Waals surface area (Å²) in [5.41, 5.74) is 1.59. The molecule has 5 N–H and O–H groups in total. The number of benzene rings is 1. The fourth-order valence-electron chi connectivity index (χ4n) is 3.99. The summed E-state index contributed by atoms with van der Waals surface area (Å²) in [6, 6.07) is 8.59. The van der Waals surface area contributed by atoms with Crippen LogP contribution in [0.3, 0.4) is 0 Å². The first-order chi connectivity index (χ1) is 20.2. The lowest BCUT2D eigenvalue weighted by Crippen LogP contribution is -2.57. The van der Waals surface area contributed by atoms with Gasteiger partial charge in [0.15, 0.2) is 5.69 Å². The number of carbonyl (C=O) groups excluding carboxylic acids is 4. The van der Waals surface area contributed by atoms with Gasteiger partial charge in [-0.15, -0.1) is 0 Å². The Labute approximate surface area is 252 Å². The highest BCUT2D eigenvalue weighted by molar-refractivity contribution is 5.98. The van der Waals surface area contributed by atoms with Crippen LogP contribution in [0.15, 0.2) is 46.5 Å². The van der Waals surface area contributed by atoms with Crippen molar-refractivity contribution in [3.63, 3.8) is 0 Å². The monoisotopic (exact) mass is 594 g/mol. The van der Waals surface area contributed by atoms with Crippen molar-refractivity contribution in [3.05, 3.63) is 64.6 Å². The lowest BCUT2D eigenvalue weighted by atomic mass is 9.93. The van der Waals surface area contributed by atoms with E-state index in [2.05, 4.69) is 26.4 Å². The number of unbranched alkanes of at least 4 members (excludes halogenated alkanes) is 1. The number of carbonyl (C=O) groups is 4. The Morgan fingerprint density at radius 1 is 1.05 bits per heavy atom. The van der Waals surface area contributed by atoms with E-state index in [1.807, 2.05) is 58.0 Å². The zero-order valence-corrected chi connectivity index (χ0v) is 25.6. The number of aromatic nitrogens is 1. The first-order valence-corrected chi connectivity index (χ1v) is 14.2. The largest absolute Gasteiger partial charge is 0.391 e. The maximum absolute atomic E-state index is 13.2. The predicted octanol–water partition coefficient (Wildman–Crippen LogP) is 2.35. The molecule has 1 aromatic carbocycles. The summed E-state index contributed by atoms with van der Waals surface area (Å²) < 4.78 is 4.90. The molecule has 0 aliphatic rings. The van der Waals surface area contributed by atoms with E-state index in [-0.39, 0.29) is 36.2 Å². The van der Waals surface area contributed by atoms with Crippen LogP contribution in [0.25, 0.3) is 0 Å². The summed E-state index contributed by atoms with van der Waals surface area (Å²) in [5, 5.41) is 33.8. The second kappa shape index (κ2) is 16.2. The van der Waals surface area contributed by atoms with E-state index in [0.717, 1.165) is 11.1 Å². The summed E-state index contributed by atoms with van der Waals surface area (Å²) in [6.45, 7) is 11.1. The van der Waals surface area contributed by atoms with Crippen LogP contribution < -0.4 is 21.3 Å². The molecule has 1 heterocycles. The number of hydrogen-bond acceptors (Lipinski definition) is 8. The van der Waals surface area contributed by atoms with Gasteiger partial charge in [-0.1, -0.05) is 61.8 Å². The van der Waals surface area contributed by atoms with E-state index in [9.17, 15) is 29.5 Å². The molecule has 1 aromatic heterocycles. The van der Waals surface area contributed by atoms with Crippen molar-refractivity contribution < 1.29 is 28.8 Å². The quantitative estimate of drug-likeness (QED) is 0.125. The maximum atomic E-state index is 13.2. The fraction of sp³-hybridized carbons (Fsp3) is 0.484. The van der Waals surface area contributed by atoms with Crippen molar-refractivity contribution in [2.75, 3.05) is 6.54 Å². The van der Waals surface area contributed by atoms with Gasteiger partial charge in [0.05, 0.1) is 6.10 Å². The van der Waals surface area contributed by atoms with Gasteiger partial charge >= 0.3 is 0 Å². The number of rotatable bonds is 14. The first-order valence-electron chi connectivity index (χ1n) is 14.2. The van der Waals surface area contributed by atoms with Gasteiger partial charge in [-0.05, 0) is 51.0 Å². The second-order valence-electron chi connectivity index (χ2n) is 11.6. The molecule has 2 aromatic rings. The average Bonchev–Trinajstić information content (AvgIpc) is 3.38. The standard InChI is InChI=1S/C31H42N6O6/c1-19-10-12-22(13-11-19)18-34-28(40)24(9-7-8-14-33-27(39)23(17-32)16-31(4,5)6)35-30(42)26(21(3)38)36-29(41)25-15-20(2)43-37-25/h10-13,15-16,21,24,26,38H,7-9,14,18H2,1-6H3,(H,33,39)(H,34,40)(H,35,42)(H,36,41). The molecule has 12 nitrogen and oxygen atoms in total. The minimum atomic E-state index is -1.37. The molecule has 2 rings (SSSR count). The molecular weight excluding hydrogens is 552 g/mol. The Morgan fingerprint density at radius 2 is 1.72 bits per heavy atom. The highest BCUT2D eigenvalue weighted by Gasteiger charge is 2.30. The smallest absolute Gasteiger partial charge is 0.274 e. The molecule has 0 saturated heterocycles. The minimum Gasteiger partial charge on any atom is -0.391 e. The molecule has 0 saturated carbocycles. The van der Waals surface area contributed by atoms with Crippen LogP contribution in [0, 0.1) is 30.6 Å². The molecule has 4 amide bonds. The number of amides is 4. The molecular formula is C31H42N6O6. The van der Waals surface area contributed by atoms with Crippen molar-refractivity contribution in [2.45, 2.75) is 85.5 Å². The second-order valence-corrected chi connectivity index (χ2v) is 11.6. The van der Waals surface area contributed by atoms with E-state index in [0.29, 0.717) is 18.6 Å². The van der Waals surface area contributed by atoms with Crippen LogP contribution in [0.5, 0.6) is 0 Å². The molecule has 12 heteroatoms. The topological polar surface area (TPSA) is 186 Å². The van der Waals surface area contributed by atoms with E-state index in [1.54, 1.807) is 13.0 Å². The molecule has 0 fully saturated rings. The number of allylic oxidation sites excluding steroid dienone is 1. The molecule has 0 spiro atoms. The van der Waals surface area contributed by atoms with E-state index in [1.165, 1.54) is 13.0 Å². The van der Waals surface area contributed by atoms with Gasteiger partial charge in [-0.25, -0.2) is 0 Å². The molecule has 43 heavy (non-hydrogen) atoms. The first kappa shape index (κ1) is 34.7. The molecule has 3 unspecified atom stereocenters. The van der Waals surface area contributed by atoms with Crippen LogP contribution in [0.1, 0.15) is 74.3 Å². The number of nitrogens with zero attached hydrogens (tertiary/aromatic N) is 2. The van der Waals surface area contributed by atoms with Crippen LogP contribution in [-0.4, -0.2) is 58.6 Å². The Hall–Kier alpha value is -4.50. The van der Waals surface area contributed by atoms with E-state index in [4.69, 9.17) is 4.52 Å². The van der Waals surface area contributed by atoms with Crippen molar-refractivity contribution >= 4 is 23.6 Å². The highest BCUT2D eigenvalue weighted by Crippen LogP contribution is 2.17. The van der Waals surface area contributed by atoms with Gasteiger partial charge < -0.3 is 30.9 Å². The molecule has 0 aliphatic heterocycles. The lowest BCUT2D eigenvalue weighted by Gasteiger charge is -2.24. The number of aliphatic hydroxyl groups excluding tert-OH is 1. The third-order valence-electron chi connectivity index (χ3n) is 6.28. The summed E-state index contributed by atoms with van der Waals surface area (Å²) in [4.78, 5) is 51.3. The highest BCUT2D eigenvalue weighted by atomic mass is 16.5. The Kier molecular flexibility index (Phi) is 13.1. The van der Waals surface area contributed by atoms with Crippen LogP contribution in [0.4, 0.5) is 0 Å². The number of aliphatic hydroxyl groups is 1. The van der Waals surface area contributed by atoms with Crippen LogP contribution in [-0.2, 0) is 20.9 Å². The minimum absolute atomic E-state index is 0.0279. The third kappa shape index (κ3) is 12.1. The maximum Gasteiger partial charge on any atom is 0.274 e. The number of aryl methyl sites for hydroxylation is 2. The summed E-state index contributed by atoms with van der Waals surface area (Å²) in [6.07, 6.45) is 1.46. The SMILES string of the molecule is Cc1ccc(CNC(=O)C(CCCCNC(=O)C(C#N)=CC(C)(C)C)NC(=O)C(NC(=O)c2cc(C)on2)C(C)O)cc1. The summed E-state index contributed by atoms with van der Waals surface area (Å²) >= 11 is 0. The molecule has 0 bridgehead atoms. The Balaban J connectivity index is 2.06. The van der Waals surface area contributed by atoms with E-state index >= 15 is 0 Å². The molecule has 0 radical (unpaired) electrons. The van der Waals surface area contributed by atoms with Gasteiger partial charge in [0.2, 0.25) is 11.8 Å².